The molecular formula is C11H6F3IO. The van der Waals surface area contributed by atoms with Crippen LogP contribution in [-0.2, 0) is 0 Å². The summed E-state index contributed by atoms with van der Waals surface area (Å²) in [6.07, 6.45) is -4.66. The first kappa shape index (κ1) is 11.5. The molecule has 2 aromatic rings. The Morgan fingerprint density at radius 1 is 1.06 bits per heavy atom. The first-order chi connectivity index (χ1) is 7.46. The van der Waals surface area contributed by atoms with Gasteiger partial charge in [0.15, 0.2) is 0 Å². The van der Waals surface area contributed by atoms with E-state index >= 15 is 0 Å². The zero-order chi connectivity index (χ0) is 11.8. The molecule has 0 unspecified atom stereocenters. The molecule has 0 atom stereocenters. The number of rotatable bonds is 1. The maximum atomic E-state index is 12.1. The van der Waals surface area contributed by atoms with E-state index in [0.717, 1.165) is 8.96 Å². The van der Waals surface area contributed by atoms with Gasteiger partial charge in [-0.25, -0.2) is 0 Å². The summed E-state index contributed by atoms with van der Waals surface area (Å²) in [5.74, 6) is -0.163. The topological polar surface area (TPSA) is 9.23 Å². The molecule has 0 saturated heterocycles. The van der Waals surface area contributed by atoms with Crippen molar-refractivity contribution < 1.29 is 17.9 Å². The van der Waals surface area contributed by atoms with Crippen LogP contribution in [0.1, 0.15) is 0 Å². The molecule has 0 aliphatic carbocycles. The van der Waals surface area contributed by atoms with Crippen LogP contribution in [0.3, 0.4) is 0 Å². The number of alkyl halides is 3. The number of ether oxygens (including phenoxy) is 1. The van der Waals surface area contributed by atoms with Crippen molar-refractivity contribution in [1.82, 2.24) is 0 Å². The van der Waals surface area contributed by atoms with Crippen LogP contribution in [0.15, 0.2) is 36.4 Å². The molecule has 0 spiro atoms. The Labute approximate surface area is 103 Å². The highest BCUT2D eigenvalue weighted by Gasteiger charge is 2.31. The molecular weight excluding hydrogens is 332 g/mol. The Bertz CT molecular complexity index is 522. The summed E-state index contributed by atoms with van der Waals surface area (Å²) in [6.45, 7) is 0. The van der Waals surface area contributed by atoms with Gasteiger partial charge in [-0.3, -0.25) is 0 Å². The quantitative estimate of drug-likeness (QED) is 0.703. The van der Waals surface area contributed by atoms with Crippen molar-refractivity contribution in [3.8, 4) is 5.75 Å². The molecule has 0 aromatic heterocycles. The van der Waals surface area contributed by atoms with Crippen LogP contribution in [0.2, 0.25) is 0 Å². The molecule has 0 fully saturated rings. The number of hydrogen-bond donors (Lipinski definition) is 0. The van der Waals surface area contributed by atoms with E-state index in [9.17, 15) is 13.2 Å². The summed E-state index contributed by atoms with van der Waals surface area (Å²) < 4.78 is 41.3. The van der Waals surface area contributed by atoms with Crippen LogP contribution in [0.25, 0.3) is 10.8 Å². The maximum absolute atomic E-state index is 12.1. The van der Waals surface area contributed by atoms with Crippen LogP contribution < -0.4 is 4.74 Å². The first-order valence-corrected chi connectivity index (χ1v) is 5.47. The van der Waals surface area contributed by atoms with E-state index < -0.39 is 6.36 Å². The lowest BCUT2D eigenvalue weighted by Gasteiger charge is -2.11. The van der Waals surface area contributed by atoms with Gasteiger partial charge in [-0.15, -0.1) is 13.2 Å². The van der Waals surface area contributed by atoms with Gasteiger partial charge < -0.3 is 4.74 Å². The minimum absolute atomic E-state index is 0.163. The van der Waals surface area contributed by atoms with E-state index in [0.29, 0.717) is 5.39 Å². The number of hydrogen-bond acceptors (Lipinski definition) is 1. The lowest BCUT2D eigenvalue weighted by atomic mass is 10.1. The van der Waals surface area contributed by atoms with Gasteiger partial charge in [-0.2, -0.15) is 0 Å². The average Bonchev–Trinajstić information content (AvgIpc) is 2.17. The third kappa shape index (κ3) is 2.58. The normalized spacial score (nSPS) is 11.8. The van der Waals surface area contributed by atoms with Gasteiger partial charge in [-0.05, 0) is 46.2 Å². The fourth-order valence-electron chi connectivity index (χ4n) is 1.43. The highest BCUT2D eigenvalue weighted by atomic mass is 127. The summed E-state index contributed by atoms with van der Waals surface area (Å²) in [7, 11) is 0. The summed E-state index contributed by atoms with van der Waals surface area (Å²) in [5, 5.41) is 1.19. The Balaban J connectivity index is 2.56. The molecule has 5 heteroatoms. The fourth-order valence-corrected chi connectivity index (χ4v) is 1.92. The van der Waals surface area contributed by atoms with Gasteiger partial charge >= 0.3 is 6.36 Å². The lowest BCUT2D eigenvalue weighted by Crippen LogP contribution is -2.17. The van der Waals surface area contributed by atoms with Crippen LogP contribution in [0.5, 0.6) is 5.75 Å². The smallest absolute Gasteiger partial charge is 0.405 e. The summed E-state index contributed by atoms with van der Waals surface area (Å²) in [4.78, 5) is 0. The second-order valence-corrected chi connectivity index (χ2v) is 4.42. The van der Waals surface area contributed by atoms with Crippen molar-refractivity contribution in [1.29, 1.82) is 0 Å². The van der Waals surface area contributed by atoms with E-state index in [2.05, 4.69) is 4.74 Å². The monoisotopic (exact) mass is 338 g/mol. The van der Waals surface area contributed by atoms with E-state index in [1.54, 1.807) is 18.2 Å². The number of fused-ring (bicyclic) bond motifs is 1. The van der Waals surface area contributed by atoms with Crippen LogP contribution in [0.4, 0.5) is 13.2 Å². The molecule has 0 aliphatic rings. The standard InChI is InChI=1S/C11H6F3IO/c12-11(13,14)16-10-3-1-2-7-4-5-8(15)6-9(7)10/h1-6H. The van der Waals surface area contributed by atoms with Gasteiger partial charge in [0.25, 0.3) is 0 Å². The predicted molar refractivity (Wildman–Crippen MR) is 63.3 cm³/mol. The maximum Gasteiger partial charge on any atom is 0.573 e. The summed E-state index contributed by atoms with van der Waals surface area (Å²) >= 11 is 2.05. The van der Waals surface area contributed by atoms with Crippen molar-refractivity contribution in [3.05, 3.63) is 40.0 Å². The molecule has 0 saturated carbocycles. The Morgan fingerprint density at radius 2 is 1.81 bits per heavy atom. The van der Waals surface area contributed by atoms with Gasteiger partial charge in [0.1, 0.15) is 5.75 Å². The highest BCUT2D eigenvalue weighted by Crippen LogP contribution is 2.31. The van der Waals surface area contributed by atoms with Crippen molar-refractivity contribution in [2.45, 2.75) is 6.36 Å². The Kier molecular flexibility index (Phi) is 2.96. The summed E-state index contributed by atoms with van der Waals surface area (Å²) in [5.41, 5.74) is 0. The second kappa shape index (κ2) is 4.12. The zero-order valence-electron chi connectivity index (χ0n) is 7.88. The third-order valence-corrected chi connectivity index (χ3v) is 2.70. The minimum atomic E-state index is -4.66. The molecule has 84 valence electrons. The average molecular weight is 338 g/mol. The van der Waals surface area contributed by atoms with Crippen molar-refractivity contribution in [2.75, 3.05) is 0 Å². The highest BCUT2D eigenvalue weighted by molar-refractivity contribution is 14.1. The Morgan fingerprint density at radius 3 is 2.50 bits per heavy atom. The number of halogens is 4. The van der Waals surface area contributed by atoms with Gasteiger partial charge in [0, 0.05) is 8.96 Å². The molecule has 1 nitrogen and oxygen atoms in total. The molecule has 0 aliphatic heterocycles. The van der Waals surface area contributed by atoms with Crippen LogP contribution in [0, 0.1) is 3.57 Å². The van der Waals surface area contributed by atoms with Gasteiger partial charge in [-0.1, -0.05) is 18.2 Å². The minimum Gasteiger partial charge on any atom is -0.405 e. The van der Waals surface area contributed by atoms with Crippen molar-refractivity contribution in [3.63, 3.8) is 0 Å². The molecule has 0 N–H and O–H groups in total. The van der Waals surface area contributed by atoms with E-state index in [-0.39, 0.29) is 5.75 Å². The molecule has 0 heterocycles. The van der Waals surface area contributed by atoms with Crippen molar-refractivity contribution >= 4 is 33.4 Å². The summed E-state index contributed by atoms with van der Waals surface area (Å²) in [6, 6.07) is 9.86. The van der Waals surface area contributed by atoms with Gasteiger partial charge in [0.2, 0.25) is 0 Å². The van der Waals surface area contributed by atoms with Gasteiger partial charge in [0.05, 0.1) is 0 Å². The van der Waals surface area contributed by atoms with E-state index in [1.165, 1.54) is 12.1 Å². The first-order valence-electron chi connectivity index (χ1n) is 4.40. The van der Waals surface area contributed by atoms with E-state index in [1.807, 2.05) is 28.7 Å². The van der Waals surface area contributed by atoms with Crippen molar-refractivity contribution in [2.24, 2.45) is 0 Å². The van der Waals surface area contributed by atoms with Crippen LogP contribution in [-0.4, -0.2) is 6.36 Å². The molecule has 0 radical (unpaired) electrons. The molecule has 2 rings (SSSR count). The van der Waals surface area contributed by atoms with Crippen LogP contribution >= 0.6 is 22.6 Å². The largest absolute Gasteiger partial charge is 0.573 e. The zero-order valence-corrected chi connectivity index (χ0v) is 10.0. The molecule has 2 aromatic carbocycles. The number of benzene rings is 2. The molecule has 16 heavy (non-hydrogen) atoms. The second-order valence-electron chi connectivity index (χ2n) is 3.17. The predicted octanol–water partition coefficient (Wildman–Crippen LogP) is 4.34. The van der Waals surface area contributed by atoms with E-state index in [4.69, 9.17) is 0 Å². The fraction of sp³-hybridized carbons (Fsp3) is 0.0909. The SMILES string of the molecule is FC(F)(F)Oc1cccc2ccc(I)cc12. The lowest BCUT2D eigenvalue weighted by molar-refractivity contribution is -0.274. The third-order valence-electron chi connectivity index (χ3n) is 2.03. The molecule has 0 bridgehead atoms. The Hall–Kier alpha value is -0.980. The molecule has 0 amide bonds.